The minimum atomic E-state index is -0.748. The summed E-state index contributed by atoms with van der Waals surface area (Å²) < 4.78 is 16.8. The lowest BCUT2D eigenvalue weighted by molar-refractivity contribution is -0.140. The number of benzene rings is 3. The van der Waals surface area contributed by atoms with Gasteiger partial charge in [0.1, 0.15) is 23.9 Å². The van der Waals surface area contributed by atoms with E-state index in [1.807, 2.05) is 55.5 Å². The molecule has 0 aromatic heterocycles. The molecular weight excluding hydrogens is 494 g/mol. The van der Waals surface area contributed by atoms with Crippen LogP contribution in [0, 0.1) is 6.92 Å². The Bertz CT molecular complexity index is 1300. The third kappa shape index (κ3) is 6.67. The summed E-state index contributed by atoms with van der Waals surface area (Å²) in [4.78, 5) is 27.6. The van der Waals surface area contributed by atoms with Crippen molar-refractivity contribution in [1.82, 2.24) is 4.90 Å². The van der Waals surface area contributed by atoms with E-state index in [4.69, 9.17) is 14.2 Å². The molecule has 7 heteroatoms. The first-order valence-corrected chi connectivity index (χ1v) is 13.2. The second-order valence-electron chi connectivity index (χ2n) is 9.55. The van der Waals surface area contributed by atoms with Gasteiger partial charge in [-0.2, -0.15) is 0 Å². The van der Waals surface area contributed by atoms with Gasteiger partial charge >= 0.3 is 0 Å². The third-order valence-electron chi connectivity index (χ3n) is 6.69. The van der Waals surface area contributed by atoms with Crippen LogP contribution in [0.25, 0.3) is 5.76 Å². The van der Waals surface area contributed by atoms with E-state index in [-0.39, 0.29) is 24.5 Å². The Labute approximate surface area is 229 Å². The van der Waals surface area contributed by atoms with Gasteiger partial charge < -0.3 is 24.2 Å². The highest BCUT2D eigenvalue weighted by Crippen LogP contribution is 2.39. The minimum absolute atomic E-state index is 0.0454. The number of aryl methyl sites for hydroxylation is 1. The van der Waals surface area contributed by atoms with Crippen LogP contribution in [0.2, 0.25) is 0 Å². The van der Waals surface area contributed by atoms with Gasteiger partial charge in [-0.25, -0.2) is 0 Å². The molecule has 1 amide bonds. The van der Waals surface area contributed by atoms with Crippen LogP contribution in [0.4, 0.5) is 0 Å². The molecule has 1 N–H and O–H groups in total. The summed E-state index contributed by atoms with van der Waals surface area (Å²) in [5.74, 6) is -0.284. The number of aliphatic hydroxyl groups is 1. The number of hydrogen-bond donors (Lipinski definition) is 1. The Morgan fingerprint density at radius 2 is 1.51 bits per heavy atom. The predicted octanol–water partition coefficient (Wildman–Crippen LogP) is 5.82. The number of unbranched alkanes of at least 4 members (excludes halogenated alkanes) is 1. The summed E-state index contributed by atoms with van der Waals surface area (Å²) in [6, 6.07) is 21.5. The van der Waals surface area contributed by atoms with Gasteiger partial charge in [0.2, 0.25) is 0 Å². The molecule has 1 saturated heterocycles. The van der Waals surface area contributed by atoms with E-state index < -0.39 is 17.7 Å². The molecule has 0 saturated carbocycles. The van der Waals surface area contributed by atoms with E-state index in [9.17, 15) is 14.7 Å². The van der Waals surface area contributed by atoms with Gasteiger partial charge in [-0.3, -0.25) is 9.59 Å². The monoisotopic (exact) mass is 529 g/mol. The van der Waals surface area contributed by atoms with E-state index >= 15 is 0 Å². The fourth-order valence-electron chi connectivity index (χ4n) is 4.44. The largest absolute Gasteiger partial charge is 0.507 e. The summed E-state index contributed by atoms with van der Waals surface area (Å²) in [6.45, 7) is 5.63. The molecule has 3 aromatic rings. The first kappa shape index (κ1) is 27.9. The molecule has 1 heterocycles. The highest BCUT2D eigenvalue weighted by molar-refractivity contribution is 6.46. The Hall–Kier alpha value is -4.10. The first-order chi connectivity index (χ1) is 18.9. The zero-order valence-corrected chi connectivity index (χ0v) is 22.7. The molecule has 4 rings (SSSR count). The number of Topliss-reactive ketones (excluding diaryl/α,β-unsaturated/α-hetero) is 1. The molecule has 204 valence electrons. The molecule has 0 aliphatic carbocycles. The zero-order valence-electron chi connectivity index (χ0n) is 22.7. The maximum absolute atomic E-state index is 13.2. The van der Waals surface area contributed by atoms with Crippen molar-refractivity contribution >= 4 is 17.4 Å². The van der Waals surface area contributed by atoms with Crippen LogP contribution in [0.15, 0.2) is 78.4 Å². The molecule has 3 aromatic carbocycles. The maximum Gasteiger partial charge on any atom is 0.295 e. The number of ketones is 1. The van der Waals surface area contributed by atoms with Crippen LogP contribution in [-0.4, -0.2) is 48.6 Å². The number of amides is 1. The van der Waals surface area contributed by atoms with Crippen molar-refractivity contribution in [2.75, 3.05) is 26.9 Å². The van der Waals surface area contributed by atoms with Crippen molar-refractivity contribution < 1.29 is 28.9 Å². The van der Waals surface area contributed by atoms with Crippen LogP contribution >= 0.6 is 0 Å². The molecular formula is C32H35NO6. The van der Waals surface area contributed by atoms with Crippen LogP contribution < -0.4 is 9.47 Å². The third-order valence-corrected chi connectivity index (χ3v) is 6.69. The van der Waals surface area contributed by atoms with Crippen molar-refractivity contribution in [3.05, 3.63) is 101 Å². The van der Waals surface area contributed by atoms with Gasteiger partial charge in [0.25, 0.3) is 11.7 Å². The van der Waals surface area contributed by atoms with Gasteiger partial charge in [0.05, 0.1) is 24.8 Å². The smallest absolute Gasteiger partial charge is 0.295 e. The van der Waals surface area contributed by atoms with Crippen molar-refractivity contribution in [3.63, 3.8) is 0 Å². The number of carbonyl (C=O) groups is 2. The van der Waals surface area contributed by atoms with Gasteiger partial charge in [0.15, 0.2) is 0 Å². The van der Waals surface area contributed by atoms with Crippen molar-refractivity contribution in [2.24, 2.45) is 0 Å². The highest BCUT2D eigenvalue weighted by Gasteiger charge is 2.45. The van der Waals surface area contributed by atoms with Crippen molar-refractivity contribution in [1.29, 1.82) is 0 Å². The van der Waals surface area contributed by atoms with Crippen LogP contribution in [0.3, 0.4) is 0 Å². The maximum atomic E-state index is 13.2. The fourth-order valence-corrected chi connectivity index (χ4v) is 4.44. The number of nitrogens with zero attached hydrogens (tertiary/aromatic N) is 1. The zero-order chi connectivity index (χ0) is 27.8. The second kappa shape index (κ2) is 13.1. The standard InChI is InChI=1S/C32H35NO6/c1-4-5-19-38-26-14-10-24(11-15-26)29-28(31(35)32(36)33(29)18-20-37-3)30(34)25-12-16-27(17-13-25)39-21-23-8-6-22(2)7-9-23/h6-17,29,34H,4-5,18-21H2,1-3H3/t29-/m1/s1. The number of hydrogen-bond acceptors (Lipinski definition) is 6. The predicted molar refractivity (Wildman–Crippen MR) is 150 cm³/mol. The topological polar surface area (TPSA) is 85.3 Å². The normalized spacial score (nSPS) is 16.5. The summed E-state index contributed by atoms with van der Waals surface area (Å²) in [6.07, 6.45) is 1.99. The average Bonchev–Trinajstić information content (AvgIpc) is 3.21. The van der Waals surface area contributed by atoms with E-state index in [1.54, 1.807) is 24.3 Å². The lowest BCUT2D eigenvalue weighted by Gasteiger charge is -2.25. The Morgan fingerprint density at radius 3 is 2.15 bits per heavy atom. The fraction of sp³-hybridized carbons (Fsp3) is 0.312. The number of rotatable bonds is 12. The Balaban J connectivity index is 1.60. The second-order valence-corrected chi connectivity index (χ2v) is 9.55. The van der Waals surface area contributed by atoms with Gasteiger partial charge in [-0.05, 0) is 60.9 Å². The van der Waals surface area contributed by atoms with E-state index in [1.165, 1.54) is 17.6 Å². The number of ether oxygens (including phenoxy) is 3. The molecule has 1 atom stereocenters. The summed E-state index contributed by atoms with van der Waals surface area (Å²) >= 11 is 0. The van der Waals surface area contributed by atoms with Gasteiger partial charge in [-0.15, -0.1) is 0 Å². The number of likely N-dealkylation sites (tertiary alicyclic amines) is 1. The van der Waals surface area contributed by atoms with E-state index in [0.29, 0.717) is 35.8 Å². The quantitative estimate of drug-likeness (QED) is 0.138. The van der Waals surface area contributed by atoms with Crippen LogP contribution in [0.1, 0.15) is 48.1 Å². The van der Waals surface area contributed by atoms with Crippen molar-refractivity contribution in [3.8, 4) is 11.5 Å². The number of carbonyl (C=O) groups excluding carboxylic acids is 2. The van der Waals surface area contributed by atoms with Gasteiger partial charge in [-0.1, -0.05) is 55.3 Å². The Morgan fingerprint density at radius 1 is 0.872 bits per heavy atom. The van der Waals surface area contributed by atoms with Crippen LogP contribution in [0.5, 0.6) is 11.5 Å². The molecule has 7 nitrogen and oxygen atoms in total. The molecule has 0 unspecified atom stereocenters. The summed E-state index contributed by atoms with van der Waals surface area (Å²) in [5, 5.41) is 11.3. The van der Waals surface area contributed by atoms with Crippen molar-refractivity contribution in [2.45, 2.75) is 39.3 Å². The lowest BCUT2D eigenvalue weighted by Crippen LogP contribution is -2.32. The average molecular weight is 530 g/mol. The van der Waals surface area contributed by atoms with Crippen LogP contribution in [-0.2, 0) is 20.9 Å². The van der Waals surface area contributed by atoms with Gasteiger partial charge in [0, 0.05) is 19.2 Å². The summed E-state index contributed by atoms with van der Waals surface area (Å²) in [7, 11) is 1.54. The molecule has 1 aliphatic heterocycles. The van der Waals surface area contributed by atoms with E-state index in [2.05, 4.69) is 6.92 Å². The molecule has 0 bridgehead atoms. The number of aliphatic hydroxyl groups excluding tert-OH is 1. The van der Waals surface area contributed by atoms with E-state index in [0.717, 1.165) is 18.4 Å². The minimum Gasteiger partial charge on any atom is -0.507 e. The molecule has 0 spiro atoms. The molecule has 1 fully saturated rings. The summed E-state index contributed by atoms with van der Waals surface area (Å²) in [5.41, 5.74) is 3.40. The highest BCUT2D eigenvalue weighted by atomic mass is 16.5. The first-order valence-electron chi connectivity index (χ1n) is 13.2. The SMILES string of the molecule is CCCCOc1ccc([C@@H]2C(=C(O)c3ccc(OCc4ccc(C)cc4)cc3)C(=O)C(=O)N2CCOC)cc1. The molecule has 1 aliphatic rings. The number of methoxy groups -OCH3 is 1. The molecule has 39 heavy (non-hydrogen) atoms. The molecule has 0 radical (unpaired) electrons. The Kier molecular flexibility index (Phi) is 9.39. The lowest BCUT2D eigenvalue weighted by atomic mass is 9.95.